The van der Waals surface area contributed by atoms with E-state index < -0.39 is 0 Å². The quantitative estimate of drug-likeness (QED) is 0.771. The lowest BCUT2D eigenvalue weighted by atomic mass is 10.1. The van der Waals surface area contributed by atoms with Gasteiger partial charge in [-0.25, -0.2) is 0 Å². The molecule has 1 unspecified atom stereocenters. The van der Waals surface area contributed by atoms with E-state index in [1.807, 2.05) is 0 Å². The van der Waals surface area contributed by atoms with Crippen molar-refractivity contribution in [2.75, 3.05) is 13.2 Å². The van der Waals surface area contributed by atoms with Crippen LogP contribution in [-0.4, -0.2) is 18.3 Å². The molecule has 82 valence electrons. The summed E-state index contributed by atoms with van der Waals surface area (Å²) in [4.78, 5) is 0. The van der Waals surface area contributed by atoms with E-state index >= 15 is 0 Å². The molecule has 15 heavy (non-hydrogen) atoms. The van der Waals surface area contributed by atoms with Gasteiger partial charge in [-0.15, -0.1) is 0 Å². The van der Waals surface area contributed by atoms with Crippen LogP contribution in [0.3, 0.4) is 0 Å². The second-order valence-corrected chi connectivity index (χ2v) is 3.84. The molecule has 5 heteroatoms. The van der Waals surface area contributed by atoms with Crippen LogP contribution in [0, 0.1) is 0 Å². The second-order valence-electron chi connectivity index (χ2n) is 3.43. The van der Waals surface area contributed by atoms with Crippen molar-refractivity contribution in [2.24, 2.45) is 5.73 Å². The Morgan fingerprint density at radius 3 is 2.80 bits per heavy atom. The maximum atomic E-state index is 9.78. The number of aromatic hydroxyl groups is 1. The Hall–Kier alpha value is -1.13. The summed E-state index contributed by atoms with van der Waals surface area (Å²) >= 11 is 5.85. The summed E-state index contributed by atoms with van der Waals surface area (Å²) in [5.74, 6) is 1.01. The lowest BCUT2D eigenvalue weighted by Gasteiger charge is -2.23. The zero-order valence-corrected chi connectivity index (χ0v) is 9.04. The highest BCUT2D eigenvalue weighted by Gasteiger charge is 2.24. The first kappa shape index (κ1) is 10.4. The summed E-state index contributed by atoms with van der Waals surface area (Å²) in [5, 5.41) is 10.0. The van der Waals surface area contributed by atoms with Crippen molar-refractivity contribution in [1.82, 2.24) is 0 Å². The predicted molar refractivity (Wildman–Crippen MR) is 56.7 cm³/mol. The van der Waals surface area contributed by atoms with Gasteiger partial charge in [0.2, 0.25) is 0 Å². The molecule has 0 aromatic heterocycles. The molecule has 0 radical (unpaired) electrons. The molecule has 0 saturated heterocycles. The number of phenols is 1. The monoisotopic (exact) mass is 229 g/mol. The summed E-state index contributed by atoms with van der Waals surface area (Å²) in [5.41, 5.74) is 6.25. The van der Waals surface area contributed by atoms with E-state index in [-0.39, 0.29) is 16.8 Å². The Morgan fingerprint density at radius 2 is 2.13 bits per heavy atom. The molecule has 1 aliphatic rings. The molecule has 0 amide bonds. The minimum atomic E-state index is -0.362. The summed E-state index contributed by atoms with van der Waals surface area (Å²) < 4.78 is 10.8. The molecule has 1 heterocycles. The normalized spacial score (nSPS) is 16.2. The van der Waals surface area contributed by atoms with Crippen molar-refractivity contribution < 1.29 is 14.6 Å². The van der Waals surface area contributed by atoms with Gasteiger partial charge in [-0.2, -0.15) is 0 Å². The number of hydrogen-bond donors (Lipinski definition) is 2. The van der Waals surface area contributed by atoms with Crippen molar-refractivity contribution in [3.63, 3.8) is 0 Å². The van der Waals surface area contributed by atoms with Crippen LogP contribution in [0.4, 0.5) is 0 Å². The minimum absolute atomic E-state index is 0.0316. The van der Waals surface area contributed by atoms with Crippen LogP contribution in [0.15, 0.2) is 6.07 Å². The van der Waals surface area contributed by atoms with Crippen molar-refractivity contribution >= 4 is 11.6 Å². The first-order valence-corrected chi connectivity index (χ1v) is 5.05. The smallest absolute Gasteiger partial charge is 0.169 e. The molecule has 0 spiro atoms. The fourth-order valence-electron chi connectivity index (χ4n) is 1.59. The summed E-state index contributed by atoms with van der Waals surface area (Å²) in [6, 6.07) is 1.18. The zero-order chi connectivity index (χ0) is 11.0. The highest BCUT2D eigenvalue weighted by Crippen LogP contribution is 2.45. The van der Waals surface area contributed by atoms with Crippen LogP contribution in [-0.2, 0) is 0 Å². The third-order valence-corrected chi connectivity index (χ3v) is 2.54. The van der Waals surface area contributed by atoms with Gasteiger partial charge in [0.15, 0.2) is 11.5 Å². The molecule has 1 aromatic carbocycles. The number of benzene rings is 1. The molecule has 2 rings (SSSR count). The van der Waals surface area contributed by atoms with E-state index in [0.717, 1.165) is 0 Å². The van der Waals surface area contributed by atoms with E-state index in [9.17, 15) is 5.11 Å². The molecule has 4 nitrogen and oxygen atoms in total. The minimum Gasteiger partial charge on any atom is -0.506 e. The Kier molecular flexibility index (Phi) is 2.63. The third-order valence-electron chi connectivity index (χ3n) is 2.25. The van der Waals surface area contributed by atoms with E-state index in [1.54, 1.807) is 6.92 Å². The zero-order valence-electron chi connectivity index (χ0n) is 8.29. The number of halogens is 1. The number of hydrogen-bond acceptors (Lipinski definition) is 4. The van der Waals surface area contributed by atoms with E-state index in [4.69, 9.17) is 26.8 Å². The number of ether oxygens (including phenoxy) is 2. The van der Waals surface area contributed by atoms with Crippen molar-refractivity contribution in [3.8, 4) is 17.2 Å². The number of fused-ring (bicyclic) bond motifs is 1. The Balaban J connectivity index is 2.63. The highest BCUT2D eigenvalue weighted by molar-refractivity contribution is 6.32. The molecule has 1 aliphatic heterocycles. The number of phenolic OH excluding ortho intramolecular Hbond substituents is 1. The Bertz CT molecular complexity index is 393. The van der Waals surface area contributed by atoms with Gasteiger partial charge in [-0.1, -0.05) is 11.6 Å². The lowest BCUT2D eigenvalue weighted by Crippen LogP contribution is -2.18. The van der Waals surface area contributed by atoms with Crippen molar-refractivity contribution in [1.29, 1.82) is 0 Å². The standard InChI is InChI=1S/C10H12ClNO3/c1-5(12)8-9(13)6(11)4-7-10(8)15-3-2-14-7/h4-5,13H,2-3,12H2,1H3. The molecule has 0 aliphatic carbocycles. The van der Waals surface area contributed by atoms with Gasteiger partial charge in [0.05, 0.1) is 10.6 Å². The molecule has 3 N–H and O–H groups in total. The maximum Gasteiger partial charge on any atom is 0.169 e. The van der Waals surface area contributed by atoms with Crippen LogP contribution < -0.4 is 15.2 Å². The molecule has 0 saturated carbocycles. The fourth-order valence-corrected chi connectivity index (χ4v) is 1.79. The third kappa shape index (κ3) is 1.70. The number of nitrogens with two attached hydrogens (primary N) is 1. The van der Waals surface area contributed by atoms with Crippen LogP contribution >= 0.6 is 11.6 Å². The van der Waals surface area contributed by atoms with Gasteiger partial charge in [-0.05, 0) is 6.92 Å². The van der Waals surface area contributed by atoms with Crippen LogP contribution in [0.2, 0.25) is 5.02 Å². The largest absolute Gasteiger partial charge is 0.506 e. The van der Waals surface area contributed by atoms with Crippen LogP contribution in [0.25, 0.3) is 0 Å². The summed E-state index contributed by atoms with van der Waals surface area (Å²) in [6.45, 7) is 2.68. The van der Waals surface area contributed by atoms with Gasteiger partial charge in [0.1, 0.15) is 19.0 Å². The fraction of sp³-hybridized carbons (Fsp3) is 0.400. The van der Waals surface area contributed by atoms with Gasteiger partial charge in [0, 0.05) is 12.1 Å². The van der Waals surface area contributed by atoms with Crippen LogP contribution in [0.5, 0.6) is 17.2 Å². The molecule has 1 aromatic rings. The van der Waals surface area contributed by atoms with Crippen molar-refractivity contribution in [2.45, 2.75) is 13.0 Å². The average molecular weight is 230 g/mol. The SMILES string of the molecule is CC(N)c1c(O)c(Cl)cc2c1OCCO2. The van der Waals surface area contributed by atoms with Gasteiger partial charge >= 0.3 is 0 Å². The predicted octanol–water partition coefficient (Wildman–Crippen LogP) is 1.84. The molecule has 1 atom stereocenters. The Morgan fingerprint density at radius 1 is 1.47 bits per heavy atom. The molecular formula is C10H12ClNO3. The lowest BCUT2D eigenvalue weighted by molar-refractivity contribution is 0.168. The maximum absolute atomic E-state index is 9.78. The first-order chi connectivity index (χ1) is 7.11. The van der Waals surface area contributed by atoms with Crippen molar-refractivity contribution in [3.05, 3.63) is 16.7 Å². The van der Waals surface area contributed by atoms with E-state index in [2.05, 4.69) is 0 Å². The van der Waals surface area contributed by atoms with Gasteiger partial charge in [-0.3, -0.25) is 0 Å². The summed E-state index contributed by atoms with van der Waals surface area (Å²) in [6.07, 6.45) is 0. The second kappa shape index (κ2) is 3.79. The number of rotatable bonds is 1. The van der Waals surface area contributed by atoms with E-state index in [0.29, 0.717) is 30.3 Å². The Labute approximate surface area is 92.5 Å². The van der Waals surface area contributed by atoms with E-state index in [1.165, 1.54) is 6.07 Å². The van der Waals surface area contributed by atoms with Gasteiger partial charge < -0.3 is 20.3 Å². The first-order valence-electron chi connectivity index (χ1n) is 4.67. The average Bonchev–Trinajstić information content (AvgIpc) is 2.19. The van der Waals surface area contributed by atoms with Gasteiger partial charge in [0.25, 0.3) is 0 Å². The summed E-state index contributed by atoms with van der Waals surface area (Å²) in [7, 11) is 0. The molecule has 0 fully saturated rings. The molecule has 0 bridgehead atoms. The topological polar surface area (TPSA) is 64.7 Å². The van der Waals surface area contributed by atoms with Crippen LogP contribution in [0.1, 0.15) is 18.5 Å². The highest BCUT2D eigenvalue weighted by atomic mass is 35.5. The molecular weight excluding hydrogens is 218 g/mol.